The molecule has 0 amide bonds. The molecule has 0 bridgehead atoms. The molecule has 1 nitrogen and oxygen atoms in total. The molecule has 0 aromatic carbocycles. The zero-order valence-electron chi connectivity index (χ0n) is 14.7. The summed E-state index contributed by atoms with van der Waals surface area (Å²) in [5.41, 5.74) is 0. The molecule has 1 N–H and O–H groups in total. The fraction of sp³-hybridized carbons (Fsp3) is 0.889. The van der Waals surface area contributed by atoms with Crippen molar-refractivity contribution in [1.29, 1.82) is 0 Å². The number of hydrogen-bond acceptors (Lipinski definition) is 1. The van der Waals surface area contributed by atoms with Gasteiger partial charge in [-0.25, -0.2) is 0 Å². The number of hydrogen-bond donors (Lipinski definition) is 1. The van der Waals surface area contributed by atoms with E-state index in [9.17, 15) is 5.11 Å². The first-order chi connectivity index (χ1) is 9.56. The number of aliphatic hydroxyl groups is 1. The Balaban J connectivity index is 5.28. The first kappa shape index (κ1) is 20.5. The van der Waals surface area contributed by atoms with Gasteiger partial charge in [0.15, 0.2) is 0 Å². The zero-order chi connectivity index (χ0) is 15.4. The Kier molecular flexibility index (Phi) is 12.4. The van der Waals surface area contributed by atoms with Gasteiger partial charge in [-0.15, -0.1) is 0 Å². The maximum absolute atomic E-state index is 9.99. The fourth-order valence-corrected chi connectivity index (χ4v) is 19.8. The Morgan fingerprint density at radius 1 is 0.900 bits per heavy atom. The number of rotatable bonds is 12. The van der Waals surface area contributed by atoms with Gasteiger partial charge in [-0.3, -0.25) is 0 Å². The molecule has 0 saturated heterocycles. The molecule has 0 heterocycles. The van der Waals surface area contributed by atoms with Crippen molar-refractivity contribution in [3.63, 3.8) is 0 Å². The first-order valence-electron chi connectivity index (χ1n) is 8.88. The van der Waals surface area contributed by atoms with Gasteiger partial charge >= 0.3 is 132 Å². The van der Waals surface area contributed by atoms with Crippen molar-refractivity contribution in [2.75, 3.05) is 6.61 Å². The van der Waals surface area contributed by atoms with Crippen LogP contribution in [-0.4, -0.2) is 30.1 Å². The van der Waals surface area contributed by atoms with E-state index in [2.05, 4.69) is 40.7 Å². The second-order valence-corrected chi connectivity index (χ2v) is 20.1. The predicted molar refractivity (Wildman–Crippen MR) is 94.9 cm³/mol. The van der Waals surface area contributed by atoms with Gasteiger partial charge in [0.2, 0.25) is 0 Å². The van der Waals surface area contributed by atoms with Crippen LogP contribution in [0.5, 0.6) is 0 Å². The third kappa shape index (κ3) is 7.49. The van der Waals surface area contributed by atoms with E-state index in [4.69, 9.17) is 0 Å². The third-order valence-corrected chi connectivity index (χ3v) is 20.5. The Bertz CT molecular complexity index is 236. The van der Waals surface area contributed by atoms with Crippen LogP contribution >= 0.6 is 0 Å². The van der Waals surface area contributed by atoms with Gasteiger partial charge in [0, 0.05) is 0 Å². The average Bonchev–Trinajstić information content (AvgIpc) is 2.44. The van der Waals surface area contributed by atoms with Crippen molar-refractivity contribution in [2.24, 2.45) is 5.92 Å². The average molecular weight is 389 g/mol. The van der Waals surface area contributed by atoms with Crippen LogP contribution in [0.4, 0.5) is 0 Å². The Labute approximate surface area is 132 Å². The van der Waals surface area contributed by atoms with Crippen molar-refractivity contribution in [3.05, 3.63) is 9.67 Å². The maximum atomic E-state index is 9.99. The van der Waals surface area contributed by atoms with E-state index in [0.717, 1.165) is 0 Å². The van der Waals surface area contributed by atoms with E-state index >= 15 is 0 Å². The number of allylic oxidation sites excluding steroid dienone is 1. The Morgan fingerprint density at radius 2 is 1.30 bits per heavy atom. The van der Waals surface area contributed by atoms with E-state index in [0.29, 0.717) is 12.5 Å². The van der Waals surface area contributed by atoms with Crippen LogP contribution < -0.4 is 0 Å². The molecule has 0 rings (SSSR count). The van der Waals surface area contributed by atoms with E-state index in [1.165, 1.54) is 55.4 Å². The number of unbranched alkanes of at least 4 members (excludes halogenated alkanes) is 3. The molecule has 2 heteroatoms. The minimum absolute atomic E-state index is 0.339. The summed E-state index contributed by atoms with van der Waals surface area (Å²) in [4.78, 5) is 0. The molecule has 0 aromatic rings. The summed E-state index contributed by atoms with van der Waals surface area (Å²) in [6.07, 6.45) is 10.5. The van der Waals surface area contributed by atoms with E-state index in [-0.39, 0.29) is 0 Å². The van der Waals surface area contributed by atoms with Gasteiger partial charge in [0.1, 0.15) is 0 Å². The Morgan fingerprint density at radius 3 is 1.55 bits per heavy atom. The van der Waals surface area contributed by atoms with E-state index in [1.807, 2.05) is 0 Å². The molecule has 0 aromatic heterocycles. The van der Waals surface area contributed by atoms with Crippen molar-refractivity contribution in [1.82, 2.24) is 0 Å². The van der Waals surface area contributed by atoms with Crippen LogP contribution in [0.3, 0.4) is 0 Å². The molecular weight excluding hydrogens is 351 g/mol. The second-order valence-electron chi connectivity index (χ2n) is 6.69. The SMILES string of the molecule is CCC[CH2][Sn]([CH2]CCC)([CH2]CCC)/[C](=C/C(C)C)CO. The van der Waals surface area contributed by atoms with Gasteiger partial charge in [-0.2, -0.15) is 0 Å². The van der Waals surface area contributed by atoms with Gasteiger partial charge in [0.25, 0.3) is 0 Å². The molecule has 0 spiro atoms. The molecular formula is C18H38OSn. The normalized spacial score (nSPS) is 13.2. The third-order valence-electron chi connectivity index (χ3n) is 4.41. The van der Waals surface area contributed by atoms with Gasteiger partial charge < -0.3 is 0 Å². The molecule has 0 radical (unpaired) electrons. The van der Waals surface area contributed by atoms with E-state index in [1.54, 1.807) is 0 Å². The van der Waals surface area contributed by atoms with Gasteiger partial charge in [-0.05, 0) is 0 Å². The standard InChI is InChI=1S/C6H11O.3C4H9.Sn/c1-6(2)4-3-5-7;3*1-3-4-2;/h4,6-7H,5H2,1-2H3;3*1,3-4H2,2H3;. The van der Waals surface area contributed by atoms with Crippen molar-refractivity contribution < 1.29 is 5.11 Å². The van der Waals surface area contributed by atoms with Crippen molar-refractivity contribution in [2.45, 2.75) is 86.5 Å². The summed E-state index contributed by atoms with van der Waals surface area (Å²) in [5, 5.41) is 9.99. The monoisotopic (exact) mass is 390 g/mol. The molecule has 0 fully saturated rings. The van der Waals surface area contributed by atoms with Crippen LogP contribution in [-0.2, 0) is 0 Å². The molecule has 20 heavy (non-hydrogen) atoms. The molecule has 0 aliphatic carbocycles. The fourth-order valence-electron chi connectivity index (χ4n) is 3.20. The molecule has 0 aliphatic heterocycles. The second kappa shape index (κ2) is 12.1. The molecule has 0 saturated carbocycles. The summed E-state index contributed by atoms with van der Waals surface area (Å²) in [5.74, 6) is 0.582. The summed E-state index contributed by atoms with van der Waals surface area (Å²) >= 11 is -2.31. The van der Waals surface area contributed by atoms with Crippen molar-refractivity contribution in [3.8, 4) is 0 Å². The summed E-state index contributed by atoms with van der Waals surface area (Å²) < 4.78 is 5.92. The molecule has 0 atom stereocenters. The molecule has 120 valence electrons. The van der Waals surface area contributed by atoms with Gasteiger partial charge in [0.05, 0.1) is 0 Å². The van der Waals surface area contributed by atoms with Crippen LogP contribution in [0.15, 0.2) is 9.67 Å². The van der Waals surface area contributed by atoms with Crippen LogP contribution in [0.1, 0.15) is 73.1 Å². The quantitative estimate of drug-likeness (QED) is 0.409. The minimum atomic E-state index is -2.31. The van der Waals surface area contributed by atoms with Gasteiger partial charge in [-0.1, -0.05) is 0 Å². The molecule has 0 unspecified atom stereocenters. The van der Waals surface area contributed by atoms with Crippen LogP contribution in [0, 0.1) is 5.92 Å². The van der Waals surface area contributed by atoms with Crippen LogP contribution in [0.2, 0.25) is 13.3 Å². The zero-order valence-corrected chi connectivity index (χ0v) is 17.5. The first-order valence-corrected chi connectivity index (χ1v) is 16.4. The molecule has 0 aliphatic rings. The summed E-state index contributed by atoms with van der Waals surface area (Å²) in [6, 6.07) is 0. The Hall–Kier alpha value is 0.499. The van der Waals surface area contributed by atoms with Crippen LogP contribution in [0.25, 0.3) is 0 Å². The van der Waals surface area contributed by atoms with E-state index < -0.39 is 18.4 Å². The topological polar surface area (TPSA) is 20.2 Å². The summed E-state index contributed by atoms with van der Waals surface area (Å²) in [6.45, 7) is 11.8. The summed E-state index contributed by atoms with van der Waals surface area (Å²) in [7, 11) is 0. The number of aliphatic hydroxyl groups excluding tert-OH is 1. The predicted octanol–water partition coefficient (Wildman–Crippen LogP) is 5.95. The van der Waals surface area contributed by atoms with Crippen molar-refractivity contribution >= 4 is 18.4 Å².